The lowest BCUT2D eigenvalue weighted by atomic mass is 9.94. The van der Waals surface area contributed by atoms with E-state index in [1.165, 1.54) is 19.3 Å². The standard InChI is InChI=1S/C10H20N2O2/c11-12-10(13)4-2-1-3-9-5-7-14-8-6-9/h9H,1-8,11H2,(H,12,13). The molecule has 0 aromatic heterocycles. The van der Waals surface area contributed by atoms with Crippen molar-refractivity contribution in [2.75, 3.05) is 13.2 Å². The van der Waals surface area contributed by atoms with Crippen LogP contribution in [0.25, 0.3) is 0 Å². The van der Waals surface area contributed by atoms with Gasteiger partial charge in [0.05, 0.1) is 0 Å². The molecular weight excluding hydrogens is 180 g/mol. The number of amides is 1. The van der Waals surface area contributed by atoms with Gasteiger partial charge in [0, 0.05) is 19.6 Å². The Labute approximate surface area is 85.2 Å². The van der Waals surface area contributed by atoms with Gasteiger partial charge in [-0.15, -0.1) is 0 Å². The minimum atomic E-state index is -0.0584. The van der Waals surface area contributed by atoms with E-state index in [1.54, 1.807) is 0 Å². The van der Waals surface area contributed by atoms with Gasteiger partial charge in [0.15, 0.2) is 0 Å². The number of hydrazine groups is 1. The van der Waals surface area contributed by atoms with Crippen LogP contribution in [-0.2, 0) is 9.53 Å². The summed E-state index contributed by atoms with van der Waals surface area (Å²) < 4.78 is 5.28. The summed E-state index contributed by atoms with van der Waals surface area (Å²) in [6.07, 6.45) is 6.21. The lowest BCUT2D eigenvalue weighted by Gasteiger charge is -2.21. The molecule has 3 N–H and O–H groups in total. The van der Waals surface area contributed by atoms with Crippen LogP contribution in [0, 0.1) is 5.92 Å². The summed E-state index contributed by atoms with van der Waals surface area (Å²) in [5.74, 6) is 5.73. The second-order valence-electron chi connectivity index (χ2n) is 3.87. The summed E-state index contributed by atoms with van der Waals surface area (Å²) in [5.41, 5.74) is 2.14. The second kappa shape index (κ2) is 6.79. The minimum Gasteiger partial charge on any atom is -0.381 e. The number of unbranched alkanes of at least 4 members (excludes halogenated alkanes) is 1. The Morgan fingerprint density at radius 1 is 1.36 bits per heavy atom. The van der Waals surface area contributed by atoms with Crippen molar-refractivity contribution < 1.29 is 9.53 Å². The second-order valence-corrected chi connectivity index (χ2v) is 3.87. The molecule has 1 rings (SSSR count). The van der Waals surface area contributed by atoms with Gasteiger partial charge in [-0.25, -0.2) is 5.84 Å². The number of nitrogens with one attached hydrogen (secondary N) is 1. The molecule has 4 nitrogen and oxygen atoms in total. The zero-order chi connectivity index (χ0) is 10.2. The number of hydrogen-bond donors (Lipinski definition) is 2. The average molecular weight is 200 g/mol. The van der Waals surface area contributed by atoms with Crippen LogP contribution in [0.15, 0.2) is 0 Å². The van der Waals surface area contributed by atoms with Gasteiger partial charge in [0.25, 0.3) is 0 Å². The Bertz CT molecular complexity index is 168. The van der Waals surface area contributed by atoms with E-state index < -0.39 is 0 Å². The summed E-state index contributed by atoms with van der Waals surface area (Å²) in [7, 11) is 0. The Hall–Kier alpha value is -0.610. The number of nitrogens with two attached hydrogens (primary N) is 1. The summed E-state index contributed by atoms with van der Waals surface area (Å²) in [6.45, 7) is 1.82. The smallest absolute Gasteiger partial charge is 0.233 e. The van der Waals surface area contributed by atoms with Gasteiger partial charge in [-0.1, -0.05) is 12.8 Å². The van der Waals surface area contributed by atoms with E-state index >= 15 is 0 Å². The van der Waals surface area contributed by atoms with E-state index in [0.717, 1.165) is 32.0 Å². The molecule has 1 amide bonds. The van der Waals surface area contributed by atoms with Crippen molar-refractivity contribution in [3.05, 3.63) is 0 Å². The highest BCUT2D eigenvalue weighted by Gasteiger charge is 2.12. The summed E-state index contributed by atoms with van der Waals surface area (Å²) in [5, 5.41) is 0. The highest BCUT2D eigenvalue weighted by Crippen LogP contribution is 2.20. The molecule has 0 saturated carbocycles. The van der Waals surface area contributed by atoms with Gasteiger partial charge in [0.2, 0.25) is 5.91 Å². The van der Waals surface area contributed by atoms with E-state index in [0.29, 0.717) is 6.42 Å². The SMILES string of the molecule is NNC(=O)CCCCC1CCOCC1. The predicted octanol–water partition coefficient (Wildman–Crippen LogP) is 0.963. The monoisotopic (exact) mass is 200 g/mol. The number of hydrogen-bond acceptors (Lipinski definition) is 3. The van der Waals surface area contributed by atoms with Crippen molar-refractivity contribution in [1.29, 1.82) is 0 Å². The summed E-state index contributed by atoms with van der Waals surface area (Å²) >= 11 is 0. The zero-order valence-electron chi connectivity index (χ0n) is 8.63. The maximum absolute atomic E-state index is 10.8. The molecular formula is C10H20N2O2. The molecule has 82 valence electrons. The molecule has 0 unspecified atom stereocenters. The van der Waals surface area contributed by atoms with Crippen LogP contribution >= 0.6 is 0 Å². The van der Waals surface area contributed by atoms with E-state index in [4.69, 9.17) is 10.6 Å². The highest BCUT2D eigenvalue weighted by molar-refractivity contribution is 5.74. The number of ether oxygens (including phenoxy) is 1. The first-order valence-corrected chi connectivity index (χ1v) is 5.40. The van der Waals surface area contributed by atoms with Crippen LogP contribution < -0.4 is 11.3 Å². The van der Waals surface area contributed by atoms with E-state index in [9.17, 15) is 4.79 Å². The lowest BCUT2D eigenvalue weighted by molar-refractivity contribution is -0.121. The van der Waals surface area contributed by atoms with Crippen LogP contribution in [0.3, 0.4) is 0 Å². The van der Waals surface area contributed by atoms with E-state index in [1.807, 2.05) is 0 Å². The number of rotatable bonds is 5. The third-order valence-corrected chi connectivity index (χ3v) is 2.77. The predicted molar refractivity (Wildman–Crippen MR) is 54.3 cm³/mol. The first-order chi connectivity index (χ1) is 6.83. The third-order valence-electron chi connectivity index (χ3n) is 2.77. The fourth-order valence-electron chi connectivity index (χ4n) is 1.83. The molecule has 0 aromatic rings. The molecule has 0 radical (unpaired) electrons. The molecule has 0 aliphatic carbocycles. The van der Waals surface area contributed by atoms with Gasteiger partial charge in [-0.3, -0.25) is 10.2 Å². The van der Waals surface area contributed by atoms with Gasteiger partial charge in [-0.2, -0.15) is 0 Å². The lowest BCUT2D eigenvalue weighted by Crippen LogP contribution is -2.29. The first kappa shape index (κ1) is 11.5. The molecule has 1 fully saturated rings. The fraction of sp³-hybridized carbons (Fsp3) is 0.900. The quantitative estimate of drug-likeness (QED) is 0.301. The van der Waals surface area contributed by atoms with Gasteiger partial charge >= 0.3 is 0 Å². The van der Waals surface area contributed by atoms with Crippen LogP contribution in [0.2, 0.25) is 0 Å². The molecule has 14 heavy (non-hydrogen) atoms. The minimum absolute atomic E-state index is 0.0584. The van der Waals surface area contributed by atoms with Crippen molar-refractivity contribution in [3.8, 4) is 0 Å². The zero-order valence-corrected chi connectivity index (χ0v) is 8.63. The summed E-state index contributed by atoms with van der Waals surface area (Å²) in [4.78, 5) is 10.8. The Morgan fingerprint density at radius 3 is 2.71 bits per heavy atom. The molecule has 1 aliphatic rings. The van der Waals surface area contributed by atoms with Gasteiger partial charge < -0.3 is 4.74 Å². The first-order valence-electron chi connectivity index (χ1n) is 5.40. The van der Waals surface area contributed by atoms with Gasteiger partial charge in [0.1, 0.15) is 0 Å². The van der Waals surface area contributed by atoms with Crippen molar-refractivity contribution >= 4 is 5.91 Å². The number of carbonyl (C=O) groups excluding carboxylic acids is 1. The largest absolute Gasteiger partial charge is 0.381 e. The van der Waals surface area contributed by atoms with Crippen LogP contribution in [0.1, 0.15) is 38.5 Å². The molecule has 1 heterocycles. The van der Waals surface area contributed by atoms with Crippen LogP contribution in [0.5, 0.6) is 0 Å². The Kier molecular flexibility index (Phi) is 5.56. The molecule has 0 bridgehead atoms. The van der Waals surface area contributed by atoms with Crippen LogP contribution in [0.4, 0.5) is 0 Å². The highest BCUT2D eigenvalue weighted by atomic mass is 16.5. The van der Waals surface area contributed by atoms with Gasteiger partial charge in [-0.05, 0) is 25.2 Å². The molecule has 0 spiro atoms. The van der Waals surface area contributed by atoms with Crippen LogP contribution in [-0.4, -0.2) is 19.1 Å². The topological polar surface area (TPSA) is 64.3 Å². The maximum Gasteiger partial charge on any atom is 0.233 e. The molecule has 0 aromatic carbocycles. The third kappa shape index (κ3) is 4.58. The Morgan fingerprint density at radius 2 is 2.07 bits per heavy atom. The summed E-state index contributed by atoms with van der Waals surface area (Å²) in [6, 6.07) is 0. The normalized spacial score (nSPS) is 18.1. The fourth-order valence-corrected chi connectivity index (χ4v) is 1.83. The molecule has 0 atom stereocenters. The maximum atomic E-state index is 10.8. The Balaban J connectivity index is 1.94. The molecule has 1 saturated heterocycles. The molecule has 1 aliphatic heterocycles. The average Bonchev–Trinajstić information content (AvgIpc) is 2.25. The van der Waals surface area contributed by atoms with Crippen molar-refractivity contribution in [2.45, 2.75) is 38.5 Å². The van der Waals surface area contributed by atoms with Crippen molar-refractivity contribution in [3.63, 3.8) is 0 Å². The van der Waals surface area contributed by atoms with Crippen molar-refractivity contribution in [2.24, 2.45) is 11.8 Å². The molecule has 4 heteroatoms. The van der Waals surface area contributed by atoms with Crippen molar-refractivity contribution in [1.82, 2.24) is 5.43 Å². The number of carbonyl (C=O) groups is 1. The van der Waals surface area contributed by atoms with E-state index in [-0.39, 0.29) is 5.91 Å². The van der Waals surface area contributed by atoms with E-state index in [2.05, 4.69) is 5.43 Å².